The summed E-state index contributed by atoms with van der Waals surface area (Å²) in [6, 6.07) is 0.529. The van der Waals surface area contributed by atoms with E-state index in [2.05, 4.69) is 19.2 Å². The van der Waals surface area contributed by atoms with Crippen LogP contribution < -0.4 is 5.32 Å². The number of hydrogen-bond acceptors (Lipinski definition) is 2. The van der Waals surface area contributed by atoms with E-state index >= 15 is 0 Å². The zero-order valence-electron chi connectivity index (χ0n) is 9.90. The predicted octanol–water partition coefficient (Wildman–Crippen LogP) is 3.03. The molecule has 0 heterocycles. The second-order valence-corrected chi connectivity index (χ2v) is 2.00. The smallest absolute Gasteiger partial charge is 0.0967 e. The monoisotopic (exact) mass is 177 g/mol. The molecule has 2 heteroatoms. The van der Waals surface area contributed by atoms with Crippen LogP contribution in [0.25, 0.3) is 0 Å². The molecule has 1 N–H and O–H groups in total. The van der Waals surface area contributed by atoms with Gasteiger partial charge in [0.05, 0.1) is 6.73 Å². The van der Waals surface area contributed by atoms with Crippen LogP contribution in [0.4, 0.5) is 0 Å². The van der Waals surface area contributed by atoms with E-state index in [1.54, 1.807) is 0 Å². The highest BCUT2D eigenvalue weighted by atomic mass is 16.5. The maximum absolute atomic E-state index is 5.03. The molecule has 0 unspecified atom stereocenters. The van der Waals surface area contributed by atoms with Gasteiger partial charge >= 0.3 is 0 Å². The summed E-state index contributed by atoms with van der Waals surface area (Å²) in [5.41, 5.74) is 0. The second kappa shape index (κ2) is 22.4. The van der Waals surface area contributed by atoms with Crippen molar-refractivity contribution >= 4 is 0 Å². The van der Waals surface area contributed by atoms with Gasteiger partial charge in [-0.25, -0.2) is 0 Å². The summed E-state index contributed by atoms with van der Waals surface area (Å²) in [5.74, 6) is 0. The summed E-state index contributed by atoms with van der Waals surface area (Å²) in [4.78, 5) is 0. The van der Waals surface area contributed by atoms with Crippen molar-refractivity contribution in [3.05, 3.63) is 0 Å². The lowest BCUT2D eigenvalue weighted by Crippen LogP contribution is -2.25. The average molecular weight is 177 g/mol. The minimum absolute atomic E-state index is 0.529. The van der Waals surface area contributed by atoms with Gasteiger partial charge in [0, 0.05) is 12.6 Å². The summed E-state index contributed by atoms with van der Waals surface area (Å²) in [7, 11) is 0. The van der Waals surface area contributed by atoms with E-state index < -0.39 is 0 Å². The Morgan fingerprint density at radius 3 is 1.75 bits per heavy atom. The molecule has 0 fully saturated rings. The Morgan fingerprint density at radius 1 is 1.08 bits per heavy atom. The largest absolute Gasteiger partial charge is 0.367 e. The van der Waals surface area contributed by atoms with Crippen molar-refractivity contribution in [1.29, 1.82) is 0 Å². The standard InChI is InChI=1S/C6H15NO.2C2H6/c1-4-8-5-7-6(2)3;2*1-2/h6-7H,4-5H2,1-3H3;2*1-2H3. The summed E-state index contributed by atoms with van der Waals surface area (Å²) < 4.78 is 5.03. The molecular formula is C10H27NO. The van der Waals surface area contributed by atoms with E-state index in [1.807, 2.05) is 34.6 Å². The first-order valence-electron chi connectivity index (χ1n) is 5.08. The molecule has 0 bridgehead atoms. The number of ether oxygens (including phenoxy) is 1. The molecule has 0 aromatic rings. The molecule has 0 spiro atoms. The van der Waals surface area contributed by atoms with Crippen molar-refractivity contribution in [1.82, 2.24) is 5.32 Å². The van der Waals surface area contributed by atoms with Crippen LogP contribution >= 0.6 is 0 Å². The molecule has 0 saturated carbocycles. The van der Waals surface area contributed by atoms with Crippen LogP contribution in [-0.2, 0) is 4.74 Å². The fraction of sp³-hybridized carbons (Fsp3) is 1.00. The van der Waals surface area contributed by atoms with Gasteiger partial charge in [-0.2, -0.15) is 0 Å². The predicted molar refractivity (Wildman–Crippen MR) is 57.5 cm³/mol. The minimum Gasteiger partial charge on any atom is -0.367 e. The van der Waals surface area contributed by atoms with Crippen molar-refractivity contribution in [3.63, 3.8) is 0 Å². The highest BCUT2D eigenvalue weighted by Crippen LogP contribution is 1.75. The highest BCUT2D eigenvalue weighted by Gasteiger charge is 1.87. The van der Waals surface area contributed by atoms with Crippen molar-refractivity contribution in [3.8, 4) is 0 Å². The molecule has 78 valence electrons. The van der Waals surface area contributed by atoms with Crippen molar-refractivity contribution in [2.24, 2.45) is 0 Å². The van der Waals surface area contributed by atoms with Gasteiger partial charge in [0.2, 0.25) is 0 Å². The Labute approximate surface area is 78.7 Å². The molecule has 0 saturated heterocycles. The molecule has 0 aliphatic heterocycles. The van der Waals surface area contributed by atoms with Crippen LogP contribution in [0.3, 0.4) is 0 Å². The third kappa shape index (κ3) is 32.6. The van der Waals surface area contributed by atoms with Crippen molar-refractivity contribution < 1.29 is 4.74 Å². The molecule has 12 heavy (non-hydrogen) atoms. The maximum atomic E-state index is 5.03. The molecule has 0 aromatic carbocycles. The first kappa shape index (κ1) is 17.9. The number of nitrogens with one attached hydrogen (secondary N) is 1. The first-order valence-corrected chi connectivity index (χ1v) is 5.08. The fourth-order valence-electron chi connectivity index (χ4n) is 0.328. The maximum Gasteiger partial charge on any atom is 0.0967 e. The Bertz CT molecular complexity index is 47.1. The van der Waals surface area contributed by atoms with Gasteiger partial charge in [0.1, 0.15) is 0 Å². The van der Waals surface area contributed by atoms with Gasteiger partial charge in [0.15, 0.2) is 0 Å². The van der Waals surface area contributed by atoms with Gasteiger partial charge in [-0.15, -0.1) is 0 Å². The van der Waals surface area contributed by atoms with Crippen molar-refractivity contribution in [2.75, 3.05) is 13.3 Å². The Morgan fingerprint density at radius 2 is 1.50 bits per heavy atom. The normalized spacial score (nSPS) is 8.00. The van der Waals surface area contributed by atoms with Crippen molar-refractivity contribution in [2.45, 2.75) is 54.5 Å². The summed E-state index contributed by atoms with van der Waals surface area (Å²) >= 11 is 0. The van der Waals surface area contributed by atoms with E-state index in [0.717, 1.165) is 6.61 Å². The number of hydrogen-bond donors (Lipinski definition) is 1. The third-order valence-electron chi connectivity index (χ3n) is 0.798. The van der Waals surface area contributed by atoms with E-state index in [0.29, 0.717) is 12.8 Å². The van der Waals surface area contributed by atoms with Crippen LogP contribution in [0.15, 0.2) is 0 Å². The Kier molecular flexibility index (Phi) is 33.4. The molecule has 2 nitrogen and oxygen atoms in total. The molecular weight excluding hydrogens is 150 g/mol. The van der Waals surface area contributed by atoms with Gasteiger partial charge < -0.3 is 4.74 Å². The second-order valence-electron chi connectivity index (χ2n) is 2.00. The van der Waals surface area contributed by atoms with E-state index in [1.165, 1.54) is 0 Å². The fourth-order valence-corrected chi connectivity index (χ4v) is 0.328. The lowest BCUT2D eigenvalue weighted by molar-refractivity contribution is 0.123. The van der Waals surface area contributed by atoms with E-state index in [4.69, 9.17) is 4.74 Å². The molecule has 0 atom stereocenters. The molecule has 0 rings (SSSR count). The van der Waals surface area contributed by atoms with Crippen LogP contribution in [0.1, 0.15) is 48.5 Å². The molecule has 0 radical (unpaired) electrons. The number of rotatable bonds is 4. The molecule has 0 aliphatic carbocycles. The van der Waals surface area contributed by atoms with Gasteiger partial charge in [-0.05, 0) is 20.8 Å². The quantitative estimate of drug-likeness (QED) is 0.526. The van der Waals surface area contributed by atoms with Crippen LogP contribution in [0.5, 0.6) is 0 Å². The third-order valence-corrected chi connectivity index (χ3v) is 0.798. The first-order chi connectivity index (χ1) is 5.77. The topological polar surface area (TPSA) is 21.3 Å². The lowest BCUT2D eigenvalue weighted by atomic mass is 10.4. The van der Waals surface area contributed by atoms with E-state index in [9.17, 15) is 0 Å². The van der Waals surface area contributed by atoms with E-state index in [-0.39, 0.29) is 0 Å². The zero-order valence-corrected chi connectivity index (χ0v) is 9.90. The molecule has 0 aromatic heterocycles. The summed E-state index contributed by atoms with van der Waals surface area (Å²) in [5, 5.41) is 3.12. The van der Waals surface area contributed by atoms with Gasteiger partial charge in [0.25, 0.3) is 0 Å². The van der Waals surface area contributed by atoms with Gasteiger partial charge in [-0.3, -0.25) is 5.32 Å². The van der Waals surface area contributed by atoms with Crippen LogP contribution in [-0.4, -0.2) is 19.4 Å². The molecule has 0 amide bonds. The SMILES string of the molecule is CC.CC.CCOCNC(C)C. The summed E-state index contributed by atoms with van der Waals surface area (Å²) in [6.45, 7) is 15.6. The van der Waals surface area contributed by atoms with Crippen LogP contribution in [0.2, 0.25) is 0 Å². The summed E-state index contributed by atoms with van der Waals surface area (Å²) in [6.07, 6.45) is 0. The molecule has 0 aliphatic rings. The zero-order chi connectivity index (χ0) is 10.4. The Hall–Kier alpha value is -0.0800. The lowest BCUT2D eigenvalue weighted by Gasteiger charge is -2.06. The average Bonchev–Trinajstić information content (AvgIpc) is 2.12. The minimum atomic E-state index is 0.529. The Balaban J connectivity index is -0.000000175. The highest BCUT2D eigenvalue weighted by molar-refractivity contribution is 4.44. The van der Waals surface area contributed by atoms with Crippen LogP contribution in [0, 0.1) is 0 Å². The van der Waals surface area contributed by atoms with Gasteiger partial charge in [-0.1, -0.05) is 27.7 Å².